The monoisotopic (exact) mass is 345 g/mol. The van der Waals surface area contributed by atoms with Gasteiger partial charge in [-0.05, 0) is 49.7 Å². The second-order valence-electron chi connectivity index (χ2n) is 5.67. The Morgan fingerprint density at radius 1 is 1.14 bits per heavy atom. The highest BCUT2D eigenvalue weighted by molar-refractivity contribution is 9.10. The van der Waals surface area contributed by atoms with Crippen molar-refractivity contribution in [3.05, 3.63) is 63.1 Å². The zero-order chi connectivity index (χ0) is 15.0. The minimum absolute atomic E-state index is 0.102. The Labute approximate surface area is 134 Å². The highest BCUT2D eigenvalue weighted by atomic mass is 79.9. The van der Waals surface area contributed by atoms with Gasteiger partial charge in [0.05, 0.1) is 0 Å². The van der Waals surface area contributed by atoms with Gasteiger partial charge in [0.1, 0.15) is 11.9 Å². The van der Waals surface area contributed by atoms with Crippen molar-refractivity contribution in [3.63, 3.8) is 0 Å². The van der Waals surface area contributed by atoms with Gasteiger partial charge >= 0.3 is 0 Å². The van der Waals surface area contributed by atoms with Crippen molar-refractivity contribution in [3.8, 4) is 5.75 Å². The number of fused-ring (bicyclic) bond motifs is 1. The average Bonchev–Trinajstić information content (AvgIpc) is 2.45. The predicted molar refractivity (Wildman–Crippen MR) is 89.8 cm³/mol. The van der Waals surface area contributed by atoms with Gasteiger partial charge in [-0.1, -0.05) is 40.2 Å². The molecular formula is C18H20BrNO. The number of ether oxygens (including phenoxy) is 1. The predicted octanol–water partition coefficient (Wildman–Crippen LogP) is 4.85. The van der Waals surface area contributed by atoms with E-state index in [0.29, 0.717) is 6.04 Å². The molecule has 0 aromatic heterocycles. The third-order valence-corrected chi connectivity index (χ3v) is 4.78. The zero-order valence-corrected chi connectivity index (χ0v) is 14.2. The summed E-state index contributed by atoms with van der Waals surface area (Å²) in [5.74, 6) is 0.975. The second-order valence-corrected chi connectivity index (χ2v) is 6.59. The van der Waals surface area contributed by atoms with Gasteiger partial charge in [0.25, 0.3) is 0 Å². The zero-order valence-electron chi connectivity index (χ0n) is 12.6. The van der Waals surface area contributed by atoms with Gasteiger partial charge in [0.15, 0.2) is 0 Å². The Hall–Kier alpha value is -1.32. The van der Waals surface area contributed by atoms with Crippen LogP contribution in [0, 0.1) is 13.8 Å². The fraction of sp³-hybridized carbons (Fsp3) is 0.333. The Bertz CT molecular complexity index is 648. The lowest BCUT2D eigenvalue weighted by atomic mass is 9.89. The topological polar surface area (TPSA) is 21.3 Å². The molecular weight excluding hydrogens is 326 g/mol. The second kappa shape index (κ2) is 5.82. The first-order valence-electron chi connectivity index (χ1n) is 7.29. The van der Waals surface area contributed by atoms with Gasteiger partial charge in [-0.25, -0.2) is 0 Å². The maximum absolute atomic E-state index is 6.32. The third kappa shape index (κ3) is 2.72. The summed E-state index contributed by atoms with van der Waals surface area (Å²) in [4.78, 5) is 0. The molecule has 0 amide bonds. The maximum Gasteiger partial charge on any atom is 0.126 e. The molecule has 2 aromatic carbocycles. The molecule has 1 aliphatic heterocycles. The van der Waals surface area contributed by atoms with E-state index in [4.69, 9.17) is 4.74 Å². The highest BCUT2D eigenvalue weighted by Gasteiger charge is 2.30. The van der Waals surface area contributed by atoms with Crippen LogP contribution in [0.1, 0.15) is 40.8 Å². The fourth-order valence-electron chi connectivity index (χ4n) is 3.23. The molecule has 110 valence electrons. The number of rotatable bonds is 2. The largest absolute Gasteiger partial charge is 0.485 e. The molecule has 0 fully saturated rings. The number of hydrogen-bond acceptors (Lipinski definition) is 2. The van der Waals surface area contributed by atoms with Crippen molar-refractivity contribution in [1.82, 2.24) is 5.32 Å². The van der Waals surface area contributed by atoms with E-state index in [9.17, 15) is 0 Å². The van der Waals surface area contributed by atoms with Crippen molar-refractivity contribution < 1.29 is 4.74 Å². The van der Waals surface area contributed by atoms with E-state index in [1.165, 1.54) is 22.3 Å². The molecule has 2 aromatic rings. The average molecular weight is 346 g/mol. The number of hydrogen-bond donors (Lipinski definition) is 1. The smallest absolute Gasteiger partial charge is 0.126 e. The minimum atomic E-state index is 0.102. The Balaban J connectivity index is 2.04. The van der Waals surface area contributed by atoms with E-state index >= 15 is 0 Å². The van der Waals surface area contributed by atoms with Crippen molar-refractivity contribution in [1.29, 1.82) is 0 Å². The minimum Gasteiger partial charge on any atom is -0.485 e. The first-order chi connectivity index (χ1) is 10.1. The quantitative estimate of drug-likeness (QED) is 0.839. The highest BCUT2D eigenvalue weighted by Crippen LogP contribution is 2.43. The molecule has 3 heteroatoms. The standard InChI is InChI=1S/C18H20BrNO/c1-11-5-4-6-12(2)18(11)17-10-15(20-3)14-8-7-13(19)9-16(14)21-17/h4-9,15,17,20H,10H2,1-3H3. The van der Waals surface area contributed by atoms with Crippen LogP contribution in [0.5, 0.6) is 5.75 Å². The van der Waals surface area contributed by atoms with Gasteiger partial charge in [0.2, 0.25) is 0 Å². The van der Waals surface area contributed by atoms with Gasteiger partial charge in [-0.2, -0.15) is 0 Å². The molecule has 0 radical (unpaired) electrons. The van der Waals surface area contributed by atoms with Crippen LogP contribution in [-0.2, 0) is 0 Å². The Kier molecular flexibility index (Phi) is 4.05. The van der Waals surface area contributed by atoms with Crippen LogP contribution in [0.25, 0.3) is 0 Å². The van der Waals surface area contributed by atoms with Crippen molar-refractivity contribution in [2.24, 2.45) is 0 Å². The molecule has 1 N–H and O–H groups in total. The third-order valence-electron chi connectivity index (χ3n) is 4.28. The van der Waals surface area contributed by atoms with Crippen LogP contribution < -0.4 is 10.1 Å². The number of halogens is 1. The van der Waals surface area contributed by atoms with Crippen LogP contribution in [0.2, 0.25) is 0 Å². The summed E-state index contributed by atoms with van der Waals surface area (Å²) < 4.78 is 7.38. The van der Waals surface area contributed by atoms with Crippen LogP contribution in [0.4, 0.5) is 0 Å². The van der Waals surface area contributed by atoms with Crippen LogP contribution in [-0.4, -0.2) is 7.05 Å². The summed E-state index contributed by atoms with van der Waals surface area (Å²) in [7, 11) is 2.02. The van der Waals surface area contributed by atoms with E-state index < -0.39 is 0 Å². The van der Waals surface area contributed by atoms with E-state index in [2.05, 4.69) is 71.5 Å². The molecule has 2 unspecified atom stereocenters. The summed E-state index contributed by atoms with van der Waals surface area (Å²) in [6.07, 6.45) is 1.06. The van der Waals surface area contributed by atoms with Crippen molar-refractivity contribution in [2.75, 3.05) is 7.05 Å². The number of benzene rings is 2. The van der Waals surface area contributed by atoms with Gasteiger partial charge in [-0.3, -0.25) is 0 Å². The van der Waals surface area contributed by atoms with Crippen LogP contribution >= 0.6 is 15.9 Å². The lowest BCUT2D eigenvalue weighted by Crippen LogP contribution is -2.27. The van der Waals surface area contributed by atoms with Crippen molar-refractivity contribution >= 4 is 15.9 Å². The summed E-state index contributed by atoms with van der Waals surface area (Å²) in [6, 6.07) is 13.0. The lowest BCUT2D eigenvalue weighted by Gasteiger charge is -2.34. The molecule has 0 aliphatic carbocycles. The maximum atomic E-state index is 6.32. The van der Waals surface area contributed by atoms with Crippen LogP contribution in [0.15, 0.2) is 40.9 Å². The normalized spacial score (nSPS) is 20.8. The summed E-state index contributed by atoms with van der Waals surface area (Å²) in [5, 5.41) is 3.42. The van der Waals surface area contributed by atoms with E-state index in [0.717, 1.165) is 16.6 Å². The molecule has 1 heterocycles. The summed E-state index contributed by atoms with van der Waals surface area (Å²) in [6.45, 7) is 4.33. The van der Waals surface area contributed by atoms with Gasteiger partial charge < -0.3 is 10.1 Å². The van der Waals surface area contributed by atoms with Gasteiger partial charge in [-0.15, -0.1) is 0 Å². The molecule has 0 saturated carbocycles. The molecule has 3 rings (SSSR count). The first-order valence-corrected chi connectivity index (χ1v) is 8.09. The number of nitrogens with one attached hydrogen (secondary N) is 1. The summed E-state index contributed by atoms with van der Waals surface area (Å²) in [5.41, 5.74) is 5.16. The number of aryl methyl sites for hydroxylation is 2. The fourth-order valence-corrected chi connectivity index (χ4v) is 3.57. The van der Waals surface area contributed by atoms with E-state index in [1.807, 2.05) is 7.05 Å². The molecule has 0 bridgehead atoms. The Morgan fingerprint density at radius 3 is 2.52 bits per heavy atom. The Morgan fingerprint density at radius 2 is 1.86 bits per heavy atom. The summed E-state index contributed by atoms with van der Waals surface area (Å²) >= 11 is 3.54. The van der Waals surface area contributed by atoms with E-state index in [-0.39, 0.29) is 6.10 Å². The molecule has 2 atom stereocenters. The molecule has 2 nitrogen and oxygen atoms in total. The van der Waals surface area contributed by atoms with Crippen LogP contribution in [0.3, 0.4) is 0 Å². The first kappa shape index (κ1) is 14.6. The molecule has 21 heavy (non-hydrogen) atoms. The molecule has 1 aliphatic rings. The van der Waals surface area contributed by atoms with E-state index in [1.54, 1.807) is 0 Å². The van der Waals surface area contributed by atoms with Crippen molar-refractivity contribution in [2.45, 2.75) is 32.4 Å². The molecule has 0 saturated heterocycles. The van der Waals surface area contributed by atoms with Gasteiger partial charge in [0, 0.05) is 22.5 Å². The SMILES string of the molecule is CNC1CC(c2c(C)cccc2C)Oc2cc(Br)ccc21. The lowest BCUT2D eigenvalue weighted by molar-refractivity contribution is 0.152. The molecule has 0 spiro atoms.